The number of fused-ring (bicyclic) bond motifs is 1. The lowest BCUT2D eigenvalue weighted by atomic mass is 10.0. The number of hydrogen-bond acceptors (Lipinski definition) is 3. The minimum Gasteiger partial charge on any atom is -0.361 e. The molecular weight excluding hydrogens is 262 g/mol. The van der Waals surface area contributed by atoms with Crippen LogP contribution in [0.3, 0.4) is 0 Å². The van der Waals surface area contributed by atoms with Crippen LogP contribution in [0.4, 0.5) is 0 Å². The van der Waals surface area contributed by atoms with Gasteiger partial charge in [-0.25, -0.2) is 0 Å². The first-order valence-corrected chi connectivity index (χ1v) is 6.78. The van der Waals surface area contributed by atoms with Crippen molar-refractivity contribution in [2.45, 2.75) is 6.42 Å². The predicted molar refractivity (Wildman–Crippen MR) is 80.7 cm³/mol. The Morgan fingerprint density at radius 3 is 2.62 bits per heavy atom. The molecule has 0 spiro atoms. The third kappa shape index (κ3) is 2.18. The fourth-order valence-electron chi connectivity index (χ4n) is 2.55. The van der Waals surface area contributed by atoms with Crippen molar-refractivity contribution in [3.8, 4) is 11.4 Å². The molecule has 5 nitrogen and oxygen atoms in total. The van der Waals surface area contributed by atoms with Crippen molar-refractivity contribution in [3.63, 3.8) is 0 Å². The van der Waals surface area contributed by atoms with Crippen molar-refractivity contribution in [1.82, 2.24) is 25.6 Å². The van der Waals surface area contributed by atoms with E-state index in [1.807, 2.05) is 18.2 Å². The number of nitrogens with one attached hydrogen (secondary N) is 2. The van der Waals surface area contributed by atoms with E-state index < -0.39 is 0 Å². The van der Waals surface area contributed by atoms with E-state index in [-0.39, 0.29) is 0 Å². The number of aromatic amines is 2. The van der Waals surface area contributed by atoms with Gasteiger partial charge in [-0.2, -0.15) is 5.21 Å². The van der Waals surface area contributed by atoms with Crippen LogP contribution >= 0.6 is 0 Å². The van der Waals surface area contributed by atoms with E-state index in [4.69, 9.17) is 0 Å². The van der Waals surface area contributed by atoms with Crippen LogP contribution in [0.25, 0.3) is 22.3 Å². The lowest BCUT2D eigenvalue weighted by Gasteiger charge is -2.02. The summed E-state index contributed by atoms with van der Waals surface area (Å²) >= 11 is 0. The number of rotatable bonds is 3. The lowest BCUT2D eigenvalue weighted by Crippen LogP contribution is -1.88. The molecule has 2 aromatic heterocycles. The number of hydrogen-bond donors (Lipinski definition) is 2. The first-order valence-electron chi connectivity index (χ1n) is 6.78. The summed E-state index contributed by atoms with van der Waals surface area (Å²) in [5, 5.41) is 15.3. The maximum atomic E-state index is 3.98. The van der Waals surface area contributed by atoms with E-state index in [0.29, 0.717) is 5.82 Å². The van der Waals surface area contributed by atoms with Gasteiger partial charge in [0.2, 0.25) is 5.82 Å². The zero-order valence-corrected chi connectivity index (χ0v) is 11.2. The van der Waals surface area contributed by atoms with Crippen molar-refractivity contribution < 1.29 is 0 Å². The van der Waals surface area contributed by atoms with E-state index in [1.54, 1.807) is 0 Å². The normalized spacial score (nSPS) is 11.0. The Morgan fingerprint density at radius 2 is 1.81 bits per heavy atom. The maximum Gasteiger partial charge on any atom is 0.204 e. The van der Waals surface area contributed by atoms with Gasteiger partial charge in [0.15, 0.2) is 0 Å². The highest BCUT2D eigenvalue weighted by Gasteiger charge is 2.06. The number of benzene rings is 2. The Labute approximate surface area is 121 Å². The van der Waals surface area contributed by atoms with Crippen molar-refractivity contribution in [2.75, 3.05) is 0 Å². The summed E-state index contributed by atoms with van der Waals surface area (Å²) in [7, 11) is 0. The molecule has 102 valence electrons. The molecule has 21 heavy (non-hydrogen) atoms. The highest BCUT2D eigenvalue weighted by Crippen LogP contribution is 2.22. The molecule has 4 aromatic rings. The molecule has 2 N–H and O–H groups in total. The summed E-state index contributed by atoms with van der Waals surface area (Å²) in [6.45, 7) is 0. The van der Waals surface area contributed by atoms with E-state index in [1.165, 1.54) is 22.0 Å². The van der Waals surface area contributed by atoms with Crippen LogP contribution in [0.15, 0.2) is 54.7 Å². The molecule has 0 aliphatic carbocycles. The fraction of sp³-hybridized carbons (Fsp3) is 0.0625. The third-order valence-corrected chi connectivity index (χ3v) is 3.63. The van der Waals surface area contributed by atoms with Crippen LogP contribution in [-0.2, 0) is 6.42 Å². The third-order valence-electron chi connectivity index (χ3n) is 3.63. The first-order chi connectivity index (χ1) is 10.4. The van der Waals surface area contributed by atoms with Gasteiger partial charge in [0.25, 0.3) is 0 Å². The summed E-state index contributed by atoms with van der Waals surface area (Å²) in [5.41, 5.74) is 4.70. The molecule has 0 bridgehead atoms. The van der Waals surface area contributed by atoms with Gasteiger partial charge in [-0.3, -0.25) is 0 Å². The van der Waals surface area contributed by atoms with Crippen molar-refractivity contribution >= 4 is 10.9 Å². The Hall–Kier alpha value is -2.95. The van der Waals surface area contributed by atoms with Gasteiger partial charge in [0.1, 0.15) is 0 Å². The summed E-state index contributed by atoms with van der Waals surface area (Å²) in [6.07, 6.45) is 2.98. The average molecular weight is 275 g/mol. The van der Waals surface area contributed by atoms with E-state index in [0.717, 1.165) is 12.0 Å². The second-order valence-electron chi connectivity index (χ2n) is 4.97. The Balaban J connectivity index is 1.63. The van der Waals surface area contributed by atoms with Crippen LogP contribution in [-0.4, -0.2) is 25.6 Å². The second-order valence-corrected chi connectivity index (χ2v) is 4.97. The van der Waals surface area contributed by atoms with Crippen molar-refractivity contribution in [1.29, 1.82) is 0 Å². The van der Waals surface area contributed by atoms with Crippen LogP contribution in [0, 0.1) is 0 Å². The number of aromatic nitrogens is 5. The number of para-hydroxylation sites is 1. The van der Waals surface area contributed by atoms with Gasteiger partial charge in [-0.15, -0.1) is 10.2 Å². The highest BCUT2D eigenvalue weighted by molar-refractivity contribution is 5.83. The number of H-pyrrole nitrogens is 2. The zero-order valence-electron chi connectivity index (χ0n) is 11.2. The molecular formula is C16H13N5. The molecule has 0 fully saturated rings. The topological polar surface area (TPSA) is 70.2 Å². The van der Waals surface area contributed by atoms with Crippen LogP contribution < -0.4 is 0 Å². The Bertz CT molecular complexity index is 859. The Morgan fingerprint density at radius 1 is 0.952 bits per heavy atom. The summed E-state index contributed by atoms with van der Waals surface area (Å²) in [5.74, 6) is 0.619. The minimum atomic E-state index is 0.619. The van der Waals surface area contributed by atoms with Crippen molar-refractivity contribution in [2.24, 2.45) is 0 Å². The molecule has 2 heterocycles. The molecule has 0 saturated carbocycles. The van der Waals surface area contributed by atoms with Gasteiger partial charge >= 0.3 is 0 Å². The quantitative estimate of drug-likeness (QED) is 0.604. The maximum absolute atomic E-state index is 3.98. The molecule has 0 saturated heterocycles. The highest BCUT2D eigenvalue weighted by atomic mass is 15.5. The SMILES string of the molecule is c1ccc2c(Cc3ccc(-c4nn[nH]n4)cc3)c[nH]c2c1. The minimum absolute atomic E-state index is 0.619. The standard InChI is InChI=1S/C16H13N5/c1-2-4-15-14(3-1)13(10-17-15)9-11-5-7-12(8-6-11)16-18-20-21-19-16/h1-8,10,17H,9H2,(H,18,19,20,21). The molecule has 5 heteroatoms. The predicted octanol–water partition coefficient (Wildman–Crippen LogP) is 2.94. The van der Waals surface area contributed by atoms with Gasteiger partial charge in [0, 0.05) is 22.7 Å². The van der Waals surface area contributed by atoms with Crippen LogP contribution in [0.5, 0.6) is 0 Å². The second kappa shape index (κ2) is 4.86. The van der Waals surface area contributed by atoms with Crippen LogP contribution in [0.2, 0.25) is 0 Å². The van der Waals surface area contributed by atoms with Crippen molar-refractivity contribution in [3.05, 3.63) is 65.9 Å². The average Bonchev–Trinajstić information content (AvgIpc) is 3.19. The molecule has 0 aliphatic heterocycles. The molecule has 0 atom stereocenters. The zero-order chi connectivity index (χ0) is 14.1. The van der Waals surface area contributed by atoms with E-state index >= 15 is 0 Å². The lowest BCUT2D eigenvalue weighted by molar-refractivity contribution is 0.881. The first kappa shape index (κ1) is 11.8. The van der Waals surface area contributed by atoms with E-state index in [9.17, 15) is 0 Å². The molecule has 0 radical (unpaired) electrons. The number of tetrazole rings is 1. The largest absolute Gasteiger partial charge is 0.361 e. The Kier molecular flexibility index (Phi) is 2.74. The molecule has 0 amide bonds. The molecule has 0 aliphatic rings. The summed E-state index contributed by atoms with van der Waals surface area (Å²) < 4.78 is 0. The van der Waals surface area contributed by atoms with Gasteiger partial charge < -0.3 is 4.98 Å². The molecule has 0 unspecified atom stereocenters. The molecule has 4 rings (SSSR count). The number of nitrogens with zero attached hydrogens (tertiary/aromatic N) is 3. The van der Waals surface area contributed by atoms with Crippen LogP contribution in [0.1, 0.15) is 11.1 Å². The van der Waals surface area contributed by atoms with Gasteiger partial charge in [-0.05, 0) is 28.8 Å². The summed E-state index contributed by atoms with van der Waals surface area (Å²) in [4.78, 5) is 3.31. The van der Waals surface area contributed by atoms with Gasteiger partial charge in [0.05, 0.1) is 0 Å². The monoisotopic (exact) mass is 275 g/mol. The smallest absolute Gasteiger partial charge is 0.204 e. The van der Waals surface area contributed by atoms with Gasteiger partial charge in [-0.1, -0.05) is 42.5 Å². The summed E-state index contributed by atoms with van der Waals surface area (Å²) in [6, 6.07) is 16.6. The fourth-order valence-corrected chi connectivity index (χ4v) is 2.55. The van der Waals surface area contributed by atoms with E-state index in [2.05, 4.69) is 62.1 Å². The molecule has 2 aromatic carbocycles.